The predicted octanol–water partition coefficient (Wildman–Crippen LogP) is 2.69. The second-order valence-corrected chi connectivity index (χ2v) is 8.12. The normalized spacial score (nSPS) is 57.9. The zero-order valence-electron chi connectivity index (χ0n) is 13.5. The van der Waals surface area contributed by atoms with E-state index >= 15 is 0 Å². The van der Waals surface area contributed by atoms with Gasteiger partial charge in [-0.25, -0.2) is 0 Å². The van der Waals surface area contributed by atoms with Crippen molar-refractivity contribution in [1.29, 1.82) is 0 Å². The van der Waals surface area contributed by atoms with Gasteiger partial charge in [0.1, 0.15) is 11.7 Å². The van der Waals surface area contributed by atoms with Crippen molar-refractivity contribution in [3.05, 3.63) is 0 Å². The molecule has 0 N–H and O–H groups in total. The molecule has 0 amide bonds. The molecule has 0 aromatic rings. The van der Waals surface area contributed by atoms with Crippen LogP contribution >= 0.6 is 0 Å². The maximum atomic E-state index is 11.6. The Hall–Kier alpha value is -0.610. The second kappa shape index (κ2) is 4.02. The molecule has 7 atom stereocenters. The van der Waals surface area contributed by atoms with E-state index in [-0.39, 0.29) is 40.7 Å². The first-order valence-corrected chi connectivity index (χ1v) is 8.30. The Kier molecular flexibility index (Phi) is 2.68. The molecule has 4 aliphatic rings. The number of carbonyl (C=O) groups is 1. The van der Waals surface area contributed by atoms with E-state index in [4.69, 9.17) is 14.2 Å². The van der Waals surface area contributed by atoms with E-state index < -0.39 is 0 Å². The summed E-state index contributed by atoms with van der Waals surface area (Å²) in [5.41, 5.74) is -0.304. The summed E-state index contributed by atoms with van der Waals surface area (Å²) in [6.07, 6.45) is 4.54. The third-order valence-corrected chi connectivity index (χ3v) is 7.23. The van der Waals surface area contributed by atoms with Crippen LogP contribution in [0.25, 0.3) is 0 Å². The van der Waals surface area contributed by atoms with Crippen molar-refractivity contribution in [2.45, 2.75) is 77.3 Å². The van der Waals surface area contributed by atoms with E-state index in [1.165, 1.54) is 13.3 Å². The van der Waals surface area contributed by atoms with Crippen LogP contribution < -0.4 is 0 Å². The van der Waals surface area contributed by atoms with E-state index in [0.29, 0.717) is 5.92 Å². The van der Waals surface area contributed by atoms with Crippen LogP contribution in [-0.4, -0.2) is 36.5 Å². The van der Waals surface area contributed by atoms with Crippen molar-refractivity contribution >= 4 is 5.97 Å². The van der Waals surface area contributed by atoms with Crippen molar-refractivity contribution in [1.82, 2.24) is 0 Å². The molecule has 0 radical (unpaired) electrons. The van der Waals surface area contributed by atoms with Crippen LogP contribution in [0.4, 0.5) is 0 Å². The summed E-state index contributed by atoms with van der Waals surface area (Å²) in [7, 11) is 0. The zero-order valence-corrected chi connectivity index (χ0v) is 13.5. The van der Waals surface area contributed by atoms with Gasteiger partial charge >= 0.3 is 5.97 Å². The molecule has 21 heavy (non-hydrogen) atoms. The quantitative estimate of drug-likeness (QED) is 0.551. The van der Waals surface area contributed by atoms with Crippen LogP contribution in [0.3, 0.4) is 0 Å². The molecule has 118 valence electrons. The van der Waals surface area contributed by atoms with Crippen molar-refractivity contribution in [3.8, 4) is 0 Å². The Morgan fingerprint density at radius 3 is 2.57 bits per heavy atom. The first-order valence-electron chi connectivity index (χ1n) is 8.30. The lowest BCUT2D eigenvalue weighted by atomic mass is 9.50. The van der Waals surface area contributed by atoms with Gasteiger partial charge in [0.15, 0.2) is 0 Å². The Morgan fingerprint density at radius 2 is 1.95 bits per heavy atom. The van der Waals surface area contributed by atoms with Gasteiger partial charge in [0, 0.05) is 24.2 Å². The highest BCUT2D eigenvalue weighted by Crippen LogP contribution is 2.72. The molecule has 2 aliphatic carbocycles. The monoisotopic (exact) mass is 294 g/mol. The number of esters is 1. The summed E-state index contributed by atoms with van der Waals surface area (Å²) in [4.78, 5) is 11.6. The maximum absolute atomic E-state index is 11.6. The van der Waals surface area contributed by atoms with Gasteiger partial charge in [-0.15, -0.1) is 0 Å². The summed E-state index contributed by atoms with van der Waals surface area (Å²) in [5.74, 6) is 0.529. The average Bonchev–Trinajstić information content (AvgIpc) is 3.16. The van der Waals surface area contributed by atoms with Gasteiger partial charge < -0.3 is 14.2 Å². The highest BCUT2D eigenvalue weighted by molar-refractivity contribution is 5.66. The summed E-state index contributed by atoms with van der Waals surface area (Å²) in [6.45, 7) is 9.21. The third kappa shape index (κ3) is 1.51. The smallest absolute Gasteiger partial charge is 0.302 e. The second-order valence-electron chi connectivity index (χ2n) is 8.12. The van der Waals surface area contributed by atoms with Crippen LogP contribution in [-0.2, 0) is 19.0 Å². The van der Waals surface area contributed by atoms with Gasteiger partial charge in [-0.3, -0.25) is 4.79 Å². The number of carbonyl (C=O) groups excluding carboxylic acids is 1. The molecule has 4 heteroatoms. The molecule has 0 aromatic carbocycles. The summed E-state index contributed by atoms with van der Waals surface area (Å²) in [5, 5.41) is 0. The highest BCUT2D eigenvalue weighted by Gasteiger charge is 2.81. The molecule has 2 unspecified atom stereocenters. The van der Waals surface area contributed by atoms with E-state index in [1.54, 1.807) is 0 Å². The first-order chi connectivity index (χ1) is 9.83. The van der Waals surface area contributed by atoms with Crippen molar-refractivity contribution in [2.75, 3.05) is 6.61 Å². The number of fused-ring (bicyclic) bond motifs is 2. The number of hydrogen-bond acceptors (Lipinski definition) is 4. The fraction of sp³-hybridized carbons (Fsp3) is 0.941. The van der Waals surface area contributed by atoms with Crippen molar-refractivity contribution in [2.24, 2.45) is 16.7 Å². The third-order valence-electron chi connectivity index (χ3n) is 7.23. The Bertz CT molecular complexity index is 485. The number of epoxide rings is 1. The van der Waals surface area contributed by atoms with Crippen LogP contribution in [0.1, 0.15) is 53.4 Å². The average molecular weight is 294 g/mol. The van der Waals surface area contributed by atoms with Gasteiger partial charge in [-0.1, -0.05) is 20.8 Å². The van der Waals surface area contributed by atoms with Gasteiger partial charge in [-0.05, 0) is 25.2 Å². The number of rotatable bonds is 1. The SMILES string of the molecule is CC(=O)O[C@@H]1C[C@H]2O[C@@H]3CC(C)CC[C@]3(C)[C@]1(C)C21CO1. The molecule has 2 saturated heterocycles. The molecule has 4 fully saturated rings. The molecule has 2 saturated carbocycles. The lowest BCUT2D eigenvalue weighted by Gasteiger charge is -2.59. The standard InChI is InChI=1S/C17H26O4/c1-10-5-6-15(3)12(7-10)21-14-8-13(20-11(2)18)16(15,4)17(14)9-19-17/h10,12-14H,5-9H2,1-4H3/t10?,12-,13-,14-,15+,16-,17?/m1/s1. The molecule has 2 aliphatic heterocycles. The van der Waals surface area contributed by atoms with E-state index in [0.717, 1.165) is 25.9 Å². The van der Waals surface area contributed by atoms with Gasteiger partial charge in [0.2, 0.25) is 0 Å². The lowest BCUT2D eigenvalue weighted by Crippen LogP contribution is -2.64. The first kappa shape index (κ1) is 14.0. The van der Waals surface area contributed by atoms with E-state index in [2.05, 4.69) is 20.8 Å². The fourth-order valence-electron chi connectivity index (χ4n) is 5.62. The Labute approximate surface area is 126 Å². The van der Waals surface area contributed by atoms with Crippen LogP contribution in [0.15, 0.2) is 0 Å². The van der Waals surface area contributed by atoms with Crippen LogP contribution in [0, 0.1) is 16.7 Å². The minimum Gasteiger partial charge on any atom is -0.462 e. The minimum absolute atomic E-state index is 0.0309. The largest absolute Gasteiger partial charge is 0.462 e. The highest BCUT2D eigenvalue weighted by atomic mass is 16.6. The molecule has 4 nitrogen and oxygen atoms in total. The Balaban J connectivity index is 1.77. The predicted molar refractivity (Wildman–Crippen MR) is 76.7 cm³/mol. The summed E-state index contributed by atoms with van der Waals surface area (Å²) < 4.78 is 18.2. The summed E-state index contributed by atoms with van der Waals surface area (Å²) in [6, 6.07) is 0. The van der Waals surface area contributed by atoms with Crippen molar-refractivity contribution < 1.29 is 19.0 Å². The fourth-order valence-corrected chi connectivity index (χ4v) is 5.62. The van der Waals surface area contributed by atoms with E-state index in [1.807, 2.05) is 0 Å². The van der Waals surface area contributed by atoms with Crippen LogP contribution in [0.5, 0.6) is 0 Å². The number of hydrogen-bond donors (Lipinski definition) is 0. The summed E-state index contributed by atoms with van der Waals surface area (Å²) >= 11 is 0. The molecule has 2 bridgehead atoms. The van der Waals surface area contributed by atoms with Gasteiger partial charge in [-0.2, -0.15) is 0 Å². The maximum Gasteiger partial charge on any atom is 0.302 e. The van der Waals surface area contributed by atoms with Crippen molar-refractivity contribution in [3.63, 3.8) is 0 Å². The Morgan fingerprint density at radius 1 is 1.24 bits per heavy atom. The molecule has 0 aromatic heterocycles. The van der Waals surface area contributed by atoms with Gasteiger partial charge in [0.05, 0.1) is 18.8 Å². The zero-order chi connectivity index (χ0) is 15.0. The molecule has 2 heterocycles. The number of ether oxygens (including phenoxy) is 3. The van der Waals surface area contributed by atoms with Gasteiger partial charge in [0.25, 0.3) is 0 Å². The minimum atomic E-state index is -0.209. The molecule has 1 spiro atoms. The lowest BCUT2D eigenvalue weighted by molar-refractivity contribution is -0.235. The van der Waals surface area contributed by atoms with E-state index in [9.17, 15) is 4.79 Å². The van der Waals surface area contributed by atoms with Crippen LogP contribution in [0.2, 0.25) is 0 Å². The molecular weight excluding hydrogens is 268 g/mol. The topological polar surface area (TPSA) is 48.1 Å². The molecular formula is C17H26O4. The molecule has 4 rings (SSSR count).